The van der Waals surface area contributed by atoms with Crippen LogP contribution >= 0.6 is 0 Å². The SMILES string of the molecule is [O-]/[N+](=N\O)C1CCCC=C1N1CCOCC1. The quantitative estimate of drug-likeness (QED) is 0.435. The number of hydrogen-bond donors (Lipinski definition) is 1. The first-order valence-corrected chi connectivity index (χ1v) is 5.67. The van der Waals surface area contributed by atoms with Crippen molar-refractivity contribution in [3.8, 4) is 0 Å². The summed E-state index contributed by atoms with van der Waals surface area (Å²) in [7, 11) is 0. The molecule has 0 aromatic heterocycles. The van der Waals surface area contributed by atoms with Crippen LogP contribution in [0.5, 0.6) is 0 Å². The number of rotatable bonds is 2. The first-order valence-electron chi connectivity index (χ1n) is 5.67. The topological polar surface area (TPSA) is 71.1 Å². The van der Waals surface area contributed by atoms with Gasteiger partial charge in [0.05, 0.1) is 18.9 Å². The fraction of sp³-hybridized carbons (Fsp3) is 0.800. The van der Waals surface area contributed by atoms with Crippen molar-refractivity contribution in [1.29, 1.82) is 0 Å². The zero-order valence-electron chi connectivity index (χ0n) is 9.21. The Balaban J connectivity index is 2.12. The third-order valence-corrected chi connectivity index (χ3v) is 3.11. The Morgan fingerprint density at radius 3 is 2.94 bits per heavy atom. The Bertz CT molecular complexity index is 298. The molecule has 1 unspecified atom stereocenters. The summed E-state index contributed by atoms with van der Waals surface area (Å²) in [5, 5.41) is 22.7. The molecule has 0 spiro atoms. The standard InChI is InChI=1S/C10H17N3O3/c14-11-13(15)10-4-2-1-3-9(10)12-5-7-16-8-6-12/h3,10,14H,1-2,4-8H2/b13-11-. The monoisotopic (exact) mass is 227 g/mol. The third-order valence-electron chi connectivity index (χ3n) is 3.11. The van der Waals surface area contributed by atoms with Gasteiger partial charge in [0, 0.05) is 19.5 Å². The molecule has 1 atom stereocenters. The van der Waals surface area contributed by atoms with Crippen molar-refractivity contribution in [2.45, 2.75) is 25.3 Å². The molecule has 2 rings (SSSR count). The zero-order chi connectivity index (χ0) is 11.4. The molecule has 0 saturated carbocycles. The number of hydrogen-bond acceptors (Lipinski definition) is 4. The number of hydroxylamine groups is 1. The highest BCUT2D eigenvalue weighted by atomic mass is 16.6. The highest BCUT2D eigenvalue weighted by Crippen LogP contribution is 2.24. The maximum absolute atomic E-state index is 11.4. The van der Waals surface area contributed by atoms with E-state index >= 15 is 0 Å². The lowest BCUT2D eigenvalue weighted by atomic mass is 9.98. The average Bonchev–Trinajstić information content (AvgIpc) is 2.39. The van der Waals surface area contributed by atoms with Gasteiger partial charge in [0.1, 0.15) is 0 Å². The number of morpholine rings is 1. The Hall–Kier alpha value is -1.30. The molecule has 1 fully saturated rings. The van der Waals surface area contributed by atoms with Crippen LogP contribution in [-0.4, -0.2) is 47.3 Å². The van der Waals surface area contributed by atoms with E-state index in [2.05, 4.69) is 16.3 Å². The summed E-state index contributed by atoms with van der Waals surface area (Å²) < 4.78 is 5.28. The second-order valence-electron chi connectivity index (χ2n) is 4.07. The molecule has 6 nitrogen and oxygen atoms in total. The van der Waals surface area contributed by atoms with Crippen LogP contribution in [-0.2, 0) is 4.74 Å². The summed E-state index contributed by atoms with van der Waals surface area (Å²) >= 11 is 0. The van der Waals surface area contributed by atoms with E-state index in [9.17, 15) is 5.21 Å². The fourth-order valence-corrected chi connectivity index (χ4v) is 2.29. The Kier molecular flexibility index (Phi) is 3.61. The molecule has 0 radical (unpaired) electrons. The maximum Gasteiger partial charge on any atom is 0.232 e. The second-order valence-corrected chi connectivity index (χ2v) is 4.07. The lowest BCUT2D eigenvalue weighted by Crippen LogP contribution is -2.42. The molecule has 0 amide bonds. The fourth-order valence-electron chi connectivity index (χ4n) is 2.29. The van der Waals surface area contributed by atoms with E-state index < -0.39 is 0 Å². The minimum Gasteiger partial charge on any atom is -0.597 e. The van der Waals surface area contributed by atoms with Gasteiger partial charge in [0.15, 0.2) is 5.28 Å². The van der Waals surface area contributed by atoms with Crippen LogP contribution in [0.2, 0.25) is 0 Å². The van der Waals surface area contributed by atoms with Crippen molar-refractivity contribution in [2.24, 2.45) is 5.28 Å². The van der Waals surface area contributed by atoms with Crippen LogP contribution < -0.4 is 0 Å². The van der Waals surface area contributed by atoms with Gasteiger partial charge in [-0.1, -0.05) is 6.08 Å². The largest absolute Gasteiger partial charge is 0.597 e. The first kappa shape index (κ1) is 11.2. The first-order chi connectivity index (χ1) is 7.83. The smallest absolute Gasteiger partial charge is 0.232 e. The minimum atomic E-state index is -0.336. The molecule has 0 aromatic rings. The Morgan fingerprint density at radius 2 is 2.25 bits per heavy atom. The molecule has 6 heteroatoms. The number of nitrogens with zero attached hydrogens (tertiary/aromatic N) is 3. The van der Waals surface area contributed by atoms with Gasteiger partial charge in [-0.05, 0) is 17.7 Å². The van der Waals surface area contributed by atoms with Crippen molar-refractivity contribution >= 4 is 0 Å². The Labute approximate surface area is 94.3 Å². The lowest BCUT2D eigenvalue weighted by Gasteiger charge is -2.34. The predicted molar refractivity (Wildman–Crippen MR) is 56.0 cm³/mol. The maximum atomic E-state index is 11.4. The normalized spacial score (nSPS) is 27.8. The van der Waals surface area contributed by atoms with Crippen molar-refractivity contribution in [2.75, 3.05) is 26.3 Å². The Morgan fingerprint density at radius 1 is 1.50 bits per heavy atom. The average molecular weight is 227 g/mol. The summed E-state index contributed by atoms with van der Waals surface area (Å²) in [6, 6.07) is -0.336. The summed E-state index contributed by atoms with van der Waals surface area (Å²) in [4.78, 5) is 2.56. The van der Waals surface area contributed by atoms with Crippen molar-refractivity contribution in [3.63, 3.8) is 0 Å². The van der Waals surface area contributed by atoms with Gasteiger partial charge < -0.3 is 20.1 Å². The van der Waals surface area contributed by atoms with Crippen LogP contribution in [0.15, 0.2) is 17.1 Å². The van der Waals surface area contributed by atoms with Crippen LogP contribution in [0.1, 0.15) is 19.3 Å². The van der Waals surface area contributed by atoms with Gasteiger partial charge in [-0.25, -0.2) is 0 Å². The highest BCUT2D eigenvalue weighted by molar-refractivity contribution is 5.10. The predicted octanol–water partition coefficient (Wildman–Crippen LogP) is 1.11. The zero-order valence-corrected chi connectivity index (χ0v) is 9.21. The van der Waals surface area contributed by atoms with E-state index in [1.807, 2.05) is 0 Å². The molecule has 90 valence electrons. The van der Waals surface area contributed by atoms with Crippen LogP contribution in [0.25, 0.3) is 0 Å². The van der Waals surface area contributed by atoms with E-state index in [0.717, 1.165) is 38.0 Å². The number of allylic oxidation sites excluding steroid dienone is 1. The van der Waals surface area contributed by atoms with Gasteiger partial charge in [-0.2, -0.15) is 0 Å². The molecule has 1 aliphatic carbocycles. The molecule has 2 aliphatic rings. The molecule has 1 heterocycles. The summed E-state index contributed by atoms with van der Waals surface area (Å²) in [6.45, 7) is 3.00. The van der Waals surface area contributed by atoms with Crippen LogP contribution in [0.3, 0.4) is 0 Å². The molecular weight excluding hydrogens is 210 g/mol. The van der Waals surface area contributed by atoms with Gasteiger partial charge in [0.25, 0.3) is 0 Å². The summed E-state index contributed by atoms with van der Waals surface area (Å²) in [5.41, 5.74) is 0.988. The molecule has 0 bridgehead atoms. The lowest BCUT2D eigenvalue weighted by molar-refractivity contribution is -0.586. The molecule has 1 aliphatic heterocycles. The van der Waals surface area contributed by atoms with E-state index in [-0.39, 0.29) is 6.04 Å². The second kappa shape index (κ2) is 5.16. The van der Waals surface area contributed by atoms with Crippen molar-refractivity contribution in [3.05, 3.63) is 17.0 Å². The van der Waals surface area contributed by atoms with E-state index in [0.29, 0.717) is 18.1 Å². The van der Waals surface area contributed by atoms with Crippen LogP contribution in [0.4, 0.5) is 0 Å². The van der Waals surface area contributed by atoms with Crippen molar-refractivity contribution < 1.29 is 14.8 Å². The van der Waals surface area contributed by atoms with Gasteiger partial charge >= 0.3 is 0 Å². The summed E-state index contributed by atoms with van der Waals surface area (Å²) in [5.74, 6) is 0. The molecule has 16 heavy (non-hydrogen) atoms. The van der Waals surface area contributed by atoms with Gasteiger partial charge in [-0.15, -0.1) is 0 Å². The minimum absolute atomic E-state index is 0.336. The van der Waals surface area contributed by atoms with E-state index in [1.165, 1.54) is 0 Å². The van der Waals surface area contributed by atoms with E-state index in [4.69, 9.17) is 9.94 Å². The highest BCUT2D eigenvalue weighted by Gasteiger charge is 2.31. The molecule has 1 saturated heterocycles. The van der Waals surface area contributed by atoms with Crippen molar-refractivity contribution in [1.82, 2.24) is 4.90 Å². The summed E-state index contributed by atoms with van der Waals surface area (Å²) in [6.07, 6.45) is 4.78. The van der Waals surface area contributed by atoms with E-state index in [1.54, 1.807) is 0 Å². The molecule has 1 N–H and O–H groups in total. The number of ether oxygens (including phenoxy) is 1. The van der Waals surface area contributed by atoms with Gasteiger partial charge in [0.2, 0.25) is 6.04 Å². The third kappa shape index (κ3) is 2.27. The van der Waals surface area contributed by atoms with Crippen LogP contribution in [0, 0.1) is 5.21 Å². The molecule has 0 aromatic carbocycles. The molecular formula is C10H17N3O3. The van der Waals surface area contributed by atoms with Gasteiger partial charge in [-0.3, -0.25) is 0 Å².